The molecule has 2 fully saturated rings. The predicted molar refractivity (Wildman–Crippen MR) is 128 cm³/mol. The van der Waals surface area contributed by atoms with Gasteiger partial charge in [-0.25, -0.2) is 0 Å². The van der Waals surface area contributed by atoms with E-state index in [0.29, 0.717) is 17.9 Å². The molecule has 1 saturated carbocycles. The second-order valence-corrected chi connectivity index (χ2v) is 8.19. The van der Waals surface area contributed by atoms with Crippen LogP contribution in [0.25, 0.3) is 0 Å². The summed E-state index contributed by atoms with van der Waals surface area (Å²) in [5, 5.41) is 6.93. The van der Waals surface area contributed by atoms with Crippen molar-refractivity contribution in [1.82, 2.24) is 20.4 Å². The maximum absolute atomic E-state index is 12.3. The first-order valence-electron chi connectivity index (χ1n) is 11.1. The number of hydrogen-bond donors (Lipinski definition) is 2. The Bertz CT molecular complexity index is 462. The van der Waals surface area contributed by atoms with Crippen LogP contribution in [0.3, 0.4) is 0 Å². The molecule has 1 unspecified atom stereocenters. The highest BCUT2D eigenvalue weighted by Crippen LogP contribution is 2.28. The van der Waals surface area contributed by atoms with E-state index in [1.54, 1.807) is 0 Å². The van der Waals surface area contributed by atoms with Gasteiger partial charge in [0.2, 0.25) is 5.91 Å². The molecule has 0 aromatic carbocycles. The number of halogens is 1. The molecule has 6 nitrogen and oxygen atoms in total. The summed E-state index contributed by atoms with van der Waals surface area (Å²) in [6, 6.07) is 0.453. The first-order valence-corrected chi connectivity index (χ1v) is 11.1. The summed E-state index contributed by atoms with van der Waals surface area (Å²) in [5.41, 5.74) is 0. The molecule has 2 rings (SSSR count). The molecule has 2 aliphatic rings. The van der Waals surface area contributed by atoms with Crippen LogP contribution in [0.15, 0.2) is 4.99 Å². The third kappa shape index (κ3) is 8.84. The van der Waals surface area contributed by atoms with Crippen molar-refractivity contribution < 1.29 is 4.79 Å². The molecular weight excluding hydrogens is 465 g/mol. The van der Waals surface area contributed by atoms with Crippen LogP contribution >= 0.6 is 24.0 Å². The Hall–Kier alpha value is -0.570. The third-order valence-corrected chi connectivity index (χ3v) is 5.96. The van der Waals surface area contributed by atoms with Crippen molar-refractivity contribution in [2.45, 2.75) is 71.3 Å². The second-order valence-electron chi connectivity index (χ2n) is 8.19. The number of nitrogens with one attached hydrogen (secondary N) is 2. The maximum Gasteiger partial charge on any atom is 0.225 e. The molecule has 1 heterocycles. The molecule has 1 amide bonds. The smallest absolute Gasteiger partial charge is 0.225 e. The lowest BCUT2D eigenvalue weighted by Gasteiger charge is -2.38. The van der Waals surface area contributed by atoms with Crippen LogP contribution in [0.4, 0.5) is 0 Å². The van der Waals surface area contributed by atoms with E-state index in [4.69, 9.17) is 0 Å². The Labute approximate surface area is 189 Å². The first-order chi connectivity index (χ1) is 13.1. The number of guanidine groups is 1. The van der Waals surface area contributed by atoms with Crippen molar-refractivity contribution in [2.24, 2.45) is 10.9 Å². The lowest BCUT2D eigenvalue weighted by atomic mass is 9.84. The zero-order valence-electron chi connectivity index (χ0n) is 18.2. The number of nitrogens with zero attached hydrogens (tertiary/aromatic N) is 3. The standard InChI is InChI=1S/C21H41N5O.HI/c1-4-5-6-7-9-18(2)24-21(22-3)23-12-13-25-14-16-26(17-15-25)20(27)19-10-8-11-19;/h18-19H,4-17H2,1-3H3,(H2,22,23,24);1H. The van der Waals surface area contributed by atoms with E-state index in [2.05, 4.69) is 39.3 Å². The molecule has 0 aromatic heterocycles. The van der Waals surface area contributed by atoms with E-state index in [-0.39, 0.29) is 24.0 Å². The lowest BCUT2D eigenvalue weighted by Crippen LogP contribution is -2.52. The van der Waals surface area contributed by atoms with Gasteiger partial charge in [-0.1, -0.05) is 39.0 Å². The number of aliphatic imine (C=N–C) groups is 1. The van der Waals surface area contributed by atoms with E-state index >= 15 is 0 Å². The van der Waals surface area contributed by atoms with Crippen LogP contribution in [-0.4, -0.2) is 74.0 Å². The van der Waals surface area contributed by atoms with E-state index in [9.17, 15) is 4.79 Å². The molecule has 0 aromatic rings. The average molecular weight is 508 g/mol. The van der Waals surface area contributed by atoms with E-state index in [1.165, 1.54) is 38.5 Å². The molecule has 0 spiro atoms. The van der Waals surface area contributed by atoms with Gasteiger partial charge in [0.25, 0.3) is 0 Å². The highest BCUT2D eigenvalue weighted by Gasteiger charge is 2.30. The Morgan fingerprint density at radius 3 is 2.43 bits per heavy atom. The van der Waals surface area contributed by atoms with Gasteiger partial charge in [0, 0.05) is 58.3 Å². The van der Waals surface area contributed by atoms with Gasteiger partial charge in [0.15, 0.2) is 5.96 Å². The molecule has 28 heavy (non-hydrogen) atoms. The van der Waals surface area contributed by atoms with E-state index < -0.39 is 0 Å². The van der Waals surface area contributed by atoms with Crippen molar-refractivity contribution >= 4 is 35.8 Å². The average Bonchev–Trinajstić information content (AvgIpc) is 2.63. The molecule has 2 N–H and O–H groups in total. The van der Waals surface area contributed by atoms with Gasteiger partial charge >= 0.3 is 0 Å². The summed E-state index contributed by atoms with van der Waals surface area (Å²) in [6.07, 6.45) is 9.85. The number of unbranched alkanes of at least 4 members (excludes halogenated alkanes) is 3. The first kappa shape index (κ1) is 25.5. The van der Waals surface area contributed by atoms with Gasteiger partial charge in [-0.15, -0.1) is 24.0 Å². The van der Waals surface area contributed by atoms with Crippen LogP contribution in [0.1, 0.15) is 65.2 Å². The number of carbonyl (C=O) groups excluding carboxylic acids is 1. The normalized spacial score (nSPS) is 19.5. The number of amides is 1. The third-order valence-electron chi connectivity index (χ3n) is 5.96. The lowest BCUT2D eigenvalue weighted by molar-refractivity contribution is -0.139. The van der Waals surface area contributed by atoms with Crippen molar-refractivity contribution in [1.29, 1.82) is 0 Å². The highest BCUT2D eigenvalue weighted by atomic mass is 127. The van der Waals surface area contributed by atoms with Crippen molar-refractivity contribution in [2.75, 3.05) is 46.3 Å². The summed E-state index contributed by atoms with van der Waals surface area (Å²) in [6.45, 7) is 10.1. The fourth-order valence-corrected chi connectivity index (χ4v) is 3.82. The monoisotopic (exact) mass is 507 g/mol. The largest absolute Gasteiger partial charge is 0.355 e. The van der Waals surface area contributed by atoms with Crippen LogP contribution in [-0.2, 0) is 4.79 Å². The van der Waals surface area contributed by atoms with Crippen LogP contribution in [0.5, 0.6) is 0 Å². The van der Waals surface area contributed by atoms with Gasteiger partial charge < -0.3 is 15.5 Å². The molecular formula is C21H42IN5O. The summed E-state index contributed by atoms with van der Waals surface area (Å²) in [4.78, 5) is 21.2. The fraction of sp³-hybridized carbons (Fsp3) is 0.905. The molecule has 164 valence electrons. The number of rotatable bonds is 10. The van der Waals surface area contributed by atoms with E-state index in [0.717, 1.165) is 58.1 Å². The van der Waals surface area contributed by atoms with Crippen LogP contribution in [0, 0.1) is 5.92 Å². The molecule has 7 heteroatoms. The van der Waals surface area contributed by atoms with Gasteiger partial charge in [0.05, 0.1) is 0 Å². The maximum atomic E-state index is 12.3. The number of carbonyl (C=O) groups is 1. The zero-order valence-corrected chi connectivity index (χ0v) is 20.5. The number of piperazine rings is 1. The molecule has 0 radical (unpaired) electrons. The van der Waals surface area contributed by atoms with Crippen LogP contribution in [0.2, 0.25) is 0 Å². The van der Waals surface area contributed by atoms with E-state index in [1.807, 2.05) is 7.05 Å². The minimum absolute atomic E-state index is 0. The Balaban J connectivity index is 0.00000392. The van der Waals surface area contributed by atoms with Crippen molar-refractivity contribution in [3.8, 4) is 0 Å². The number of hydrogen-bond acceptors (Lipinski definition) is 3. The van der Waals surface area contributed by atoms with Crippen molar-refractivity contribution in [3.05, 3.63) is 0 Å². The highest BCUT2D eigenvalue weighted by molar-refractivity contribution is 14.0. The molecule has 0 bridgehead atoms. The van der Waals surface area contributed by atoms with Crippen molar-refractivity contribution in [3.63, 3.8) is 0 Å². The summed E-state index contributed by atoms with van der Waals surface area (Å²) in [7, 11) is 1.84. The summed E-state index contributed by atoms with van der Waals surface area (Å²) < 4.78 is 0. The Morgan fingerprint density at radius 2 is 1.86 bits per heavy atom. The van der Waals surface area contributed by atoms with Gasteiger partial charge in [-0.05, 0) is 26.2 Å². The minimum atomic E-state index is 0. The van der Waals surface area contributed by atoms with Gasteiger partial charge in [-0.3, -0.25) is 14.7 Å². The minimum Gasteiger partial charge on any atom is -0.355 e. The second kappa shape index (κ2) is 14.4. The van der Waals surface area contributed by atoms with Gasteiger partial charge in [-0.2, -0.15) is 0 Å². The molecule has 1 atom stereocenters. The summed E-state index contributed by atoms with van der Waals surface area (Å²) in [5.74, 6) is 1.63. The topological polar surface area (TPSA) is 60.0 Å². The Morgan fingerprint density at radius 1 is 1.14 bits per heavy atom. The molecule has 1 saturated heterocycles. The quantitative estimate of drug-likeness (QED) is 0.207. The predicted octanol–water partition coefficient (Wildman–Crippen LogP) is 3.07. The fourth-order valence-electron chi connectivity index (χ4n) is 3.82. The summed E-state index contributed by atoms with van der Waals surface area (Å²) >= 11 is 0. The SMILES string of the molecule is CCCCCCC(C)NC(=NC)NCCN1CCN(C(=O)C2CCC2)CC1.I. The van der Waals surface area contributed by atoms with Gasteiger partial charge in [0.1, 0.15) is 0 Å². The molecule has 1 aliphatic carbocycles. The zero-order chi connectivity index (χ0) is 19.5. The van der Waals surface area contributed by atoms with Crippen LogP contribution < -0.4 is 10.6 Å². The molecule has 1 aliphatic heterocycles. The Kier molecular flexibility index (Phi) is 13.1.